The van der Waals surface area contributed by atoms with Gasteiger partial charge in [-0.3, -0.25) is 10.1 Å². The Hall–Kier alpha value is -1.76. The van der Waals surface area contributed by atoms with Crippen molar-refractivity contribution in [2.45, 2.75) is 13.8 Å². The highest BCUT2D eigenvalue weighted by molar-refractivity contribution is 7.20. The van der Waals surface area contributed by atoms with Gasteiger partial charge in [-0.2, -0.15) is 0 Å². The Morgan fingerprint density at radius 3 is 2.43 bits per heavy atom. The molecular formula is C15H14Cl2N2O3S. The molecule has 1 heterocycles. The third-order valence-corrected chi connectivity index (χ3v) is 4.48. The summed E-state index contributed by atoms with van der Waals surface area (Å²) in [5.74, 6) is -0.366. The van der Waals surface area contributed by atoms with Crippen molar-refractivity contribution < 1.29 is 14.3 Å². The Bertz CT molecular complexity index is 746. The molecule has 0 bridgehead atoms. The van der Waals surface area contributed by atoms with Crippen LogP contribution in [-0.4, -0.2) is 18.6 Å². The zero-order valence-corrected chi connectivity index (χ0v) is 14.7. The molecule has 23 heavy (non-hydrogen) atoms. The normalized spacial score (nSPS) is 10.3. The highest BCUT2D eigenvalue weighted by Gasteiger charge is 2.16. The number of carbonyl (C=O) groups excluding carboxylic acids is 2. The molecule has 0 aliphatic rings. The Kier molecular flexibility index (Phi) is 5.87. The fourth-order valence-corrected chi connectivity index (χ4v) is 3.33. The smallest absolute Gasteiger partial charge is 0.411 e. The summed E-state index contributed by atoms with van der Waals surface area (Å²) in [4.78, 5) is 23.8. The number of carbonyl (C=O) groups is 2. The molecule has 8 heteroatoms. The average molecular weight is 373 g/mol. The van der Waals surface area contributed by atoms with Crippen molar-refractivity contribution in [3.8, 4) is 0 Å². The number of ether oxygens (including phenoxy) is 1. The van der Waals surface area contributed by atoms with E-state index in [0.29, 0.717) is 31.2 Å². The molecular weight excluding hydrogens is 359 g/mol. The van der Waals surface area contributed by atoms with E-state index in [1.54, 1.807) is 32.0 Å². The number of hydrogen-bond acceptors (Lipinski definition) is 4. The molecule has 1 aromatic heterocycles. The molecule has 0 radical (unpaired) electrons. The van der Waals surface area contributed by atoms with Gasteiger partial charge in [0.15, 0.2) is 0 Å². The molecule has 0 saturated carbocycles. The fourth-order valence-electron chi connectivity index (χ4n) is 1.87. The third-order valence-electron chi connectivity index (χ3n) is 3.00. The first-order chi connectivity index (χ1) is 10.9. The molecule has 1 aromatic carbocycles. The molecule has 0 aliphatic heterocycles. The van der Waals surface area contributed by atoms with E-state index in [2.05, 4.69) is 10.6 Å². The van der Waals surface area contributed by atoms with Crippen LogP contribution in [0.5, 0.6) is 0 Å². The molecule has 0 spiro atoms. The lowest BCUT2D eigenvalue weighted by Crippen LogP contribution is -2.16. The second kappa shape index (κ2) is 7.68. The van der Waals surface area contributed by atoms with Gasteiger partial charge in [0.1, 0.15) is 4.34 Å². The van der Waals surface area contributed by atoms with E-state index in [1.807, 2.05) is 0 Å². The number of rotatable bonds is 4. The molecule has 5 nitrogen and oxygen atoms in total. The van der Waals surface area contributed by atoms with Gasteiger partial charge in [0.25, 0.3) is 5.91 Å². The molecule has 0 aliphatic carbocycles. The average Bonchev–Trinajstić information content (AvgIpc) is 2.82. The maximum atomic E-state index is 12.3. The largest absolute Gasteiger partial charge is 0.450 e. The van der Waals surface area contributed by atoms with Gasteiger partial charge in [-0.05, 0) is 37.6 Å². The summed E-state index contributed by atoms with van der Waals surface area (Å²) in [5, 5.41) is 5.38. The van der Waals surface area contributed by atoms with Gasteiger partial charge < -0.3 is 10.1 Å². The first-order valence-corrected chi connectivity index (χ1v) is 8.29. The second-order valence-corrected chi connectivity index (χ2v) is 6.80. The van der Waals surface area contributed by atoms with E-state index in [9.17, 15) is 9.59 Å². The Balaban J connectivity index is 2.19. The van der Waals surface area contributed by atoms with Crippen molar-refractivity contribution in [3.63, 3.8) is 0 Å². The Labute approximate surface area is 147 Å². The maximum absolute atomic E-state index is 12.3. The monoisotopic (exact) mass is 372 g/mol. The number of anilines is 2. The fraction of sp³-hybridized carbons (Fsp3) is 0.200. The van der Waals surface area contributed by atoms with E-state index < -0.39 is 6.09 Å². The van der Waals surface area contributed by atoms with Crippen molar-refractivity contribution >= 4 is 57.9 Å². The van der Waals surface area contributed by atoms with Crippen LogP contribution < -0.4 is 10.6 Å². The van der Waals surface area contributed by atoms with Crippen LogP contribution in [0.3, 0.4) is 0 Å². The molecule has 2 amide bonds. The Morgan fingerprint density at radius 1 is 1.22 bits per heavy atom. The van der Waals surface area contributed by atoms with E-state index in [-0.39, 0.29) is 12.5 Å². The van der Waals surface area contributed by atoms with Crippen molar-refractivity contribution in [2.75, 3.05) is 17.2 Å². The quantitative estimate of drug-likeness (QED) is 0.776. The van der Waals surface area contributed by atoms with E-state index in [0.717, 1.165) is 11.3 Å². The summed E-state index contributed by atoms with van der Waals surface area (Å²) in [6.45, 7) is 3.77. The minimum Gasteiger partial charge on any atom is -0.450 e. The number of thiophene rings is 1. The summed E-state index contributed by atoms with van der Waals surface area (Å²) >= 11 is 13.0. The molecule has 0 unspecified atom stereocenters. The predicted molar refractivity (Wildman–Crippen MR) is 94.1 cm³/mol. The number of benzene rings is 1. The van der Waals surface area contributed by atoms with Crippen LogP contribution in [0.15, 0.2) is 24.3 Å². The van der Waals surface area contributed by atoms with E-state index >= 15 is 0 Å². The van der Waals surface area contributed by atoms with Crippen LogP contribution in [0, 0.1) is 6.92 Å². The van der Waals surface area contributed by atoms with Gasteiger partial charge in [0.2, 0.25) is 0 Å². The summed E-state index contributed by atoms with van der Waals surface area (Å²) in [6, 6.07) is 6.67. The van der Waals surface area contributed by atoms with Gasteiger partial charge in [-0.1, -0.05) is 29.3 Å². The van der Waals surface area contributed by atoms with Gasteiger partial charge in [-0.25, -0.2) is 4.79 Å². The topological polar surface area (TPSA) is 67.4 Å². The summed E-state index contributed by atoms with van der Waals surface area (Å²) in [7, 11) is 0. The standard InChI is InChI=1S/C15H14Cl2N2O3S/c1-3-22-15(21)19-11-6-4-5-10(8(11)2)18-14(20)9-7-12(16)23-13(9)17/h4-7H,3H2,1-2H3,(H,18,20)(H,19,21). The zero-order chi connectivity index (χ0) is 17.0. The van der Waals surface area contributed by atoms with Crippen LogP contribution in [0.2, 0.25) is 8.67 Å². The lowest BCUT2D eigenvalue weighted by atomic mass is 10.1. The molecule has 0 fully saturated rings. The lowest BCUT2D eigenvalue weighted by molar-refractivity contribution is 0.102. The number of nitrogens with one attached hydrogen (secondary N) is 2. The lowest BCUT2D eigenvalue weighted by Gasteiger charge is -2.13. The van der Waals surface area contributed by atoms with Gasteiger partial charge in [-0.15, -0.1) is 11.3 Å². The summed E-state index contributed by atoms with van der Waals surface area (Å²) in [5.41, 5.74) is 2.12. The minimum atomic E-state index is -0.549. The number of hydrogen-bond donors (Lipinski definition) is 2. The van der Waals surface area contributed by atoms with Crippen LogP contribution in [0.1, 0.15) is 22.8 Å². The van der Waals surface area contributed by atoms with E-state index in [1.165, 1.54) is 6.07 Å². The SMILES string of the molecule is CCOC(=O)Nc1cccc(NC(=O)c2cc(Cl)sc2Cl)c1C. The zero-order valence-electron chi connectivity index (χ0n) is 12.4. The highest BCUT2D eigenvalue weighted by atomic mass is 35.5. The van der Waals surface area contributed by atoms with Crippen molar-refractivity contribution in [1.82, 2.24) is 0 Å². The summed E-state index contributed by atoms with van der Waals surface area (Å²) < 4.78 is 5.61. The van der Waals surface area contributed by atoms with E-state index in [4.69, 9.17) is 27.9 Å². The van der Waals surface area contributed by atoms with Crippen LogP contribution in [0.4, 0.5) is 16.2 Å². The summed E-state index contributed by atoms with van der Waals surface area (Å²) in [6.07, 6.45) is -0.549. The highest BCUT2D eigenvalue weighted by Crippen LogP contribution is 2.32. The third kappa shape index (κ3) is 4.37. The first kappa shape index (κ1) is 17.6. The van der Waals surface area contributed by atoms with Crippen molar-refractivity contribution in [1.29, 1.82) is 0 Å². The van der Waals surface area contributed by atoms with Gasteiger partial charge >= 0.3 is 6.09 Å². The molecule has 2 rings (SSSR count). The number of amides is 2. The van der Waals surface area contributed by atoms with Crippen LogP contribution >= 0.6 is 34.5 Å². The molecule has 0 atom stereocenters. The molecule has 2 aromatic rings. The molecule has 0 saturated heterocycles. The van der Waals surface area contributed by atoms with Gasteiger partial charge in [0.05, 0.1) is 16.5 Å². The minimum absolute atomic E-state index is 0.277. The number of halogens is 2. The first-order valence-electron chi connectivity index (χ1n) is 6.72. The Morgan fingerprint density at radius 2 is 1.87 bits per heavy atom. The molecule has 2 N–H and O–H groups in total. The predicted octanol–water partition coefficient (Wildman–Crippen LogP) is 5.18. The second-order valence-electron chi connectivity index (χ2n) is 4.52. The van der Waals surface area contributed by atoms with Crippen LogP contribution in [0.25, 0.3) is 0 Å². The van der Waals surface area contributed by atoms with Crippen molar-refractivity contribution in [3.05, 3.63) is 44.1 Å². The van der Waals surface area contributed by atoms with Crippen LogP contribution in [-0.2, 0) is 4.74 Å². The maximum Gasteiger partial charge on any atom is 0.411 e. The van der Waals surface area contributed by atoms with Gasteiger partial charge in [0, 0.05) is 11.4 Å². The van der Waals surface area contributed by atoms with Crippen molar-refractivity contribution in [2.24, 2.45) is 0 Å². The molecule has 122 valence electrons.